The maximum atomic E-state index is 12.6. The van der Waals surface area contributed by atoms with Crippen molar-refractivity contribution in [2.75, 3.05) is 6.61 Å². The third-order valence-electron chi connectivity index (χ3n) is 4.57. The Hall–Kier alpha value is -3.01. The van der Waals surface area contributed by atoms with Crippen LogP contribution in [0.15, 0.2) is 66.7 Å². The van der Waals surface area contributed by atoms with Gasteiger partial charge in [0.15, 0.2) is 6.10 Å². The van der Waals surface area contributed by atoms with E-state index in [1.54, 1.807) is 0 Å². The van der Waals surface area contributed by atoms with E-state index in [1.165, 1.54) is 5.56 Å². The summed E-state index contributed by atoms with van der Waals surface area (Å²) in [6.45, 7) is 6.31. The van der Waals surface area contributed by atoms with Crippen molar-refractivity contribution in [1.29, 1.82) is 0 Å². The predicted molar refractivity (Wildman–Crippen MR) is 113 cm³/mol. The second-order valence-electron chi connectivity index (χ2n) is 7.06. The fourth-order valence-corrected chi connectivity index (χ4v) is 2.96. The molecule has 0 saturated heterocycles. The molecule has 2 atom stereocenters. The van der Waals surface area contributed by atoms with Crippen LogP contribution in [0.3, 0.4) is 0 Å². The first-order chi connectivity index (χ1) is 13.5. The lowest BCUT2D eigenvalue weighted by atomic mass is 10.1. The summed E-state index contributed by atoms with van der Waals surface area (Å²) in [5.74, 6) is 1.37. The van der Waals surface area contributed by atoms with E-state index in [2.05, 4.69) is 11.4 Å². The molecule has 4 nitrogen and oxygen atoms in total. The van der Waals surface area contributed by atoms with E-state index >= 15 is 0 Å². The van der Waals surface area contributed by atoms with Gasteiger partial charge in [0, 0.05) is 0 Å². The molecular weight excluding hydrogens is 350 g/mol. The van der Waals surface area contributed by atoms with E-state index in [4.69, 9.17) is 9.47 Å². The first-order valence-electron chi connectivity index (χ1n) is 9.70. The Kier molecular flexibility index (Phi) is 6.53. The third-order valence-corrected chi connectivity index (χ3v) is 4.57. The molecular formula is C24H27NO3. The lowest BCUT2D eigenvalue weighted by Gasteiger charge is -2.21. The fourth-order valence-electron chi connectivity index (χ4n) is 2.96. The van der Waals surface area contributed by atoms with Crippen molar-refractivity contribution in [2.45, 2.75) is 39.3 Å². The number of amides is 1. The van der Waals surface area contributed by atoms with E-state index in [9.17, 15) is 4.79 Å². The van der Waals surface area contributed by atoms with Crippen molar-refractivity contribution in [1.82, 2.24) is 5.32 Å². The summed E-state index contributed by atoms with van der Waals surface area (Å²) in [6, 6.07) is 21.7. The minimum atomic E-state index is -0.539. The highest BCUT2D eigenvalue weighted by atomic mass is 16.5. The average Bonchev–Trinajstić information content (AvgIpc) is 2.71. The van der Waals surface area contributed by atoms with Gasteiger partial charge in [0.25, 0.3) is 5.91 Å². The summed E-state index contributed by atoms with van der Waals surface area (Å²) >= 11 is 0. The summed E-state index contributed by atoms with van der Waals surface area (Å²) in [5, 5.41) is 5.22. The Morgan fingerprint density at radius 3 is 2.36 bits per heavy atom. The number of rotatable bonds is 8. The van der Waals surface area contributed by atoms with Crippen LogP contribution in [-0.4, -0.2) is 24.7 Å². The summed E-state index contributed by atoms with van der Waals surface area (Å²) in [6.07, 6.45) is 0.0486. The highest BCUT2D eigenvalue weighted by Crippen LogP contribution is 2.22. The van der Waals surface area contributed by atoms with Gasteiger partial charge < -0.3 is 14.8 Å². The van der Waals surface area contributed by atoms with E-state index in [1.807, 2.05) is 81.4 Å². The molecule has 4 heteroatoms. The molecule has 1 N–H and O–H groups in total. The van der Waals surface area contributed by atoms with Crippen molar-refractivity contribution in [3.63, 3.8) is 0 Å². The molecule has 1 amide bonds. The Labute approximate surface area is 166 Å². The van der Waals surface area contributed by atoms with Crippen LogP contribution < -0.4 is 14.8 Å². The SMILES string of the molecule is CC[C@H](Oc1ccc2ccccc2c1)C(=O)N[C@H](C)COc1ccc(C)cc1. The molecule has 0 fully saturated rings. The normalized spacial score (nSPS) is 13.0. The topological polar surface area (TPSA) is 47.6 Å². The van der Waals surface area contributed by atoms with E-state index in [-0.39, 0.29) is 11.9 Å². The zero-order valence-electron chi connectivity index (χ0n) is 16.6. The van der Waals surface area contributed by atoms with Gasteiger partial charge in [0.2, 0.25) is 0 Å². The third kappa shape index (κ3) is 5.26. The van der Waals surface area contributed by atoms with Crippen molar-refractivity contribution in [2.24, 2.45) is 0 Å². The van der Waals surface area contributed by atoms with Gasteiger partial charge in [-0.2, -0.15) is 0 Å². The Bertz CT molecular complexity index is 921. The first kappa shape index (κ1) is 19.7. The molecule has 0 aliphatic carbocycles. The summed E-state index contributed by atoms with van der Waals surface area (Å²) in [5.41, 5.74) is 1.19. The zero-order valence-corrected chi connectivity index (χ0v) is 16.6. The molecule has 0 unspecified atom stereocenters. The lowest BCUT2D eigenvalue weighted by molar-refractivity contribution is -0.128. The smallest absolute Gasteiger partial charge is 0.261 e. The number of ether oxygens (including phenoxy) is 2. The average molecular weight is 377 g/mol. The molecule has 0 heterocycles. The fraction of sp³-hybridized carbons (Fsp3) is 0.292. The molecule has 3 aromatic rings. The van der Waals surface area contributed by atoms with Crippen molar-refractivity contribution in [3.05, 3.63) is 72.3 Å². The molecule has 0 aliphatic rings. The van der Waals surface area contributed by atoms with Crippen LogP contribution in [0.5, 0.6) is 11.5 Å². The highest BCUT2D eigenvalue weighted by molar-refractivity contribution is 5.84. The van der Waals surface area contributed by atoms with Crippen LogP contribution in [0.25, 0.3) is 10.8 Å². The Morgan fingerprint density at radius 2 is 1.64 bits per heavy atom. The highest BCUT2D eigenvalue weighted by Gasteiger charge is 2.20. The van der Waals surface area contributed by atoms with Gasteiger partial charge in [0.05, 0.1) is 6.04 Å². The van der Waals surface area contributed by atoms with Gasteiger partial charge in [-0.15, -0.1) is 0 Å². The monoisotopic (exact) mass is 377 g/mol. The van der Waals surface area contributed by atoms with Gasteiger partial charge in [0.1, 0.15) is 18.1 Å². The quantitative estimate of drug-likeness (QED) is 0.608. The number of fused-ring (bicyclic) bond motifs is 1. The van der Waals surface area contributed by atoms with Crippen LogP contribution in [0, 0.1) is 6.92 Å². The molecule has 0 radical (unpaired) electrons. The number of nitrogens with one attached hydrogen (secondary N) is 1. The van der Waals surface area contributed by atoms with E-state index in [0.717, 1.165) is 16.5 Å². The number of carbonyl (C=O) groups excluding carboxylic acids is 1. The second kappa shape index (κ2) is 9.27. The number of aryl methyl sites for hydroxylation is 1. The number of benzene rings is 3. The molecule has 0 bridgehead atoms. The molecule has 0 aliphatic heterocycles. The zero-order chi connectivity index (χ0) is 19.9. The standard InChI is InChI=1S/C24H27NO3/c1-4-23(28-22-14-11-19-7-5-6-8-20(19)15-22)24(26)25-18(3)16-27-21-12-9-17(2)10-13-21/h5-15,18,23H,4,16H2,1-3H3,(H,25,26)/t18-,23+/m1/s1. The van der Waals surface area contributed by atoms with Crippen LogP contribution in [0.1, 0.15) is 25.8 Å². The van der Waals surface area contributed by atoms with E-state index in [0.29, 0.717) is 18.8 Å². The largest absolute Gasteiger partial charge is 0.491 e. The van der Waals surface area contributed by atoms with Gasteiger partial charge >= 0.3 is 0 Å². The van der Waals surface area contributed by atoms with Crippen LogP contribution in [0.4, 0.5) is 0 Å². The van der Waals surface area contributed by atoms with Crippen molar-refractivity contribution < 1.29 is 14.3 Å². The number of carbonyl (C=O) groups is 1. The van der Waals surface area contributed by atoms with Crippen molar-refractivity contribution in [3.8, 4) is 11.5 Å². The van der Waals surface area contributed by atoms with Gasteiger partial charge in [-0.1, -0.05) is 55.0 Å². The Balaban J connectivity index is 1.55. The van der Waals surface area contributed by atoms with Crippen LogP contribution >= 0.6 is 0 Å². The van der Waals surface area contributed by atoms with E-state index < -0.39 is 6.10 Å². The molecule has 0 saturated carbocycles. The van der Waals surface area contributed by atoms with Crippen molar-refractivity contribution >= 4 is 16.7 Å². The predicted octanol–water partition coefficient (Wildman–Crippen LogP) is 4.89. The number of hydrogen-bond donors (Lipinski definition) is 1. The molecule has 3 rings (SSSR count). The minimum absolute atomic E-state index is 0.122. The summed E-state index contributed by atoms with van der Waals surface area (Å²) in [7, 11) is 0. The molecule has 0 spiro atoms. The molecule has 3 aromatic carbocycles. The summed E-state index contributed by atoms with van der Waals surface area (Å²) < 4.78 is 11.7. The molecule has 0 aromatic heterocycles. The Morgan fingerprint density at radius 1 is 0.964 bits per heavy atom. The maximum Gasteiger partial charge on any atom is 0.261 e. The van der Waals surface area contributed by atoms with Gasteiger partial charge in [-0.25, -0.2) is 0 Å². The van der Waals surface area contributed by atoms with Gasteiger partial charge in [-0.05, 0) is 55.3 Å². The minimum Gasteiger partial charge on any atom is -0.491 e. The van der Waals surface area contributed by atoms with Gasteiger partial charge in [-0.3, -0.25) is 4.79 Å². The number of hydrogen-bond acceptors (Lipinski definition) is 3. The molecule has 28 heavy (non-hydrogen) atoms. The maximum absolute atomic E-state index is 12.6. The van der Waals surface area contributed by atoms with Crippen LogP contribution in [-0.2, 0) is 4.79 Å². The summed E-state index contributed by atoms with van der Waals surface area (Å²) in [4.78, 5) is 12.6. The second-order valence-corrected chi connectivity index (χ2v) is 7.06. The first-order valence-corrected chi connectivity index (χ1v) is 9.70. The molecule has 146 valence electrons. The van der Waals surface area contributed by atoms with Crippen LogP contribution in [0.2, 0.25) is 0 Å². The lowest BCUT2D eigenvalue weighted by Crippen LogP contribution is -2.44.